The molecular formula is C23H26N4O. The minimum Gasteiger partial charge on any atom is -0.369 e. The molecule has 0 bridgehead atoms. The van der Waals surface area contributed by atoms with Crippen LogP contribution in [0.25, 0.3) is 10.8 Å². The van der Waals surface area contributed by atoms with E-state index in [0.717, 1.165) is 40.8 Å². The fourth-order valence-electron chi connectivity index (χ4n) is 3.66. The maximum Gasteiger partial charge on any atom is 0.252 e. The molecule has 2 heterocycles. The number of nitrogens with zero attached hydrogens (tertiary/aromatic N) is 2. The minimum absolute atomic E-state index is 0.0679. The molecule has 1 amide bonds. The number of carbonyl (C=O) groups is 1. The molecule has 5 nitrogen and oxygen atoms in total. The highest BCUT2D eigenvalue weighted by Gasteiger charge is 2.23. The maximum absolute atomic E-state index is 13.0. The number of likely N-dealkylation sites (N-methyl/N-ethyl adjacent to an activating group) is 1. The molecule has 0 saturated carbocycles. The Kier molecular flexibility index (Phi) is 5.01. The zero-order valence-corrected chi connectivity index (χ0v) is 16.6. The third-order valence-electron chi connectivity index (χ3n) is 5.64. The van der Waals surface area contributed by atoms with E-state index in [1.54, 1.807) is 6.20 Å². The van der Waals surface area contributed by atoms with Crippen molar-refractivity contribution in [3.63, 3.8) is 0 Å². The van der Waals surface area contributed by atoms with Gasteiger partial charge in [-0.25, -0.2) is 0 Å². The van der Waals surface area contributed by atoms with Gasteiger partial charge in [0.05, 0.1) is 17.8 Å². The number of carbonyl (C=O) groups excluding carboxylic acids is 1. The molecule has 0 spiro atoms. The number of aromatic nitrogens is 1. The van der Waals surface area contributed by atoms with Gasteiger partial charge in [0.2, 0.25) is 0 Å². The van der Waals surface area contributed by atoms with E-state index >= 15 is 0 Å². The number of aryl methyl sites for hydroxylation is 1. The molecule has 1 aliphatic heterocycles. The molecule has 2 N–H and O–H groups in total. The van der Waals surface area contributed by atoms with Crippen molar-refractivity contribution in [2.45, 2.75) is 25.9 Å². The summed E-state index contributed by atoms with van der Waals surface area (Å²) in [4.78, 5) is 19.8. The number of anilines is 1. The molecule has 5 heteroatoms. The third kappa shape index (κ3) is 3.45. The van der Waals surface area contributed by atoms with Gasteiger partial charge in [0.25, 0.3) is 5.91 Å². The zero-order valence-electron chi connectivity index (χ0n) is 16.6. The number of hydrogen-bond acceptors (Lipinski definition) is 4. The second-order valence-electron chi connectivity index (χ2n) is 7.53. The Morgan fingerprint density at radius 1 is 1.21 bits per heavy atom. The number of fused-ring (bicyclic) bond motifs is 1. The Morgan fingerprint density at radius 3 is 2.75 bits per heavy atom. The first-order valence-corrected chi connectivity index (χ1v) is 9.73. The van der Waals surface area contributed by atoms with Gasteiger partial charge in [0.15, 0.2) is 0 Å². The van der Waals surface area contributed by atoms with Crippen molar-refractivity contribution < 1.29 is 4.79 Å². The molecule has 1 atom stereocenters. The summed E-state index contributed by atoms with van der Waals surface area (Å²) in [5, 5.41) is 8.63. The molecule has 1 unspecified atom stereocenters. The molecule has 3 aromatic rings. The van der Waals surface area contributed by atoms with E-state index in [1.807, 2.05) is 50.2 Å². The fraction of sp³-hybridized carbons (Fsp3) is 0.304. The van der Waals surface area contributed by atoms with E-state index in [0.29, 0.717) is 11.6 Å². The SMILES string of the molecule is Cc1ccc(N(C)C2CNC2)cc1C(=O)NC(C)c1nccc2ccccc12. The number of benzene rings is 2. The Labute approximate surface area is 165 Å². The lowest BCUT2D eigenvalue weighted by molar-refractivity contribution is 0.0939. The maximum atomic E-state index is 13.0. The summed E-state index contributed by atoms with van der Waals surface area (Å²) >= 11 is 0. The number of amides is 1. The predicted molar refractivity (Wildman–Crippen MR) is 114 cm³/mol. The van der Waals surface area contributed by atoms with Gasteiger partial charge < -0.3 is 15.5 Å². The highest BCUT2D eigenvalue weighted by Crippen LogP contribution is 2.24. The zero-order chi connectivity index (χ0) is 19.7. The van der Waals surface area contributed by atoms with Crippen LogP contribution in [0.3, 0.4) is 0 Å². The topological polar surface area (TPSA) is 57.3 Å². The molecule has 0 aliphatic carbocycles. The van der Waals surface area contributed by atoms with Crippen LogP contribution in [-0.2, 0) is 0 Å². The van der Waals surface area contributed by atoms with E-state index in [1.165, 1.54) is 0 Å². The van der Waals surface area contributed by atoms with Crippen molar-refractivity contribution in [3.8, 4) is 0 Å². The summed E-state index contributed by atoms with van der Waals surface area (Å²) in [5.74, 6) is -0.0679. The summed E-state index contributed by atoms with van der Waals surface area (Å²) in [7, 11) is 2.08. The Morgan fingerprint density at radius 2 is 2.00 bits per heavy atom. The van der Waals surface area contributed by atoms with E-state index in [4.69, 9.17) is 0 Å². The van der Waals surface area contributed by atoms with Crippen molar-refractivity contribution in [1.82, 2.24) is 15.6 Å². The molecule has 1 aromatic heterocycles. The third-order valence-corrected chi connectivity index (χ3v) is 5.64. The average Bonchev–Trinajstić information content (AvgIpc) is 2.66. The Hall–Kier alpha value is -2.92. The van der Waals surface area contributed by atoms with Crippen LogP contribution in [0.15, 0.2) is 54.7 Å². The average molecular weight is 374 g/mol. The predicted octanol–water partition coefficient (Wildman–Crippen LogP) is 3.44. The van der Waals surface area contributed by atoms with Crippen molar-refractivity contribution in [2.75, 3.05) is 25.0 Å². The lowest BCUT2D eigenvalue weighted by Crippen LogP contribution is -2.56. The lowest BCUT2D eigenvalue weighted by Gasteiger charge is -2.37. The Balaban J connectivity index is 1.57. The van der Waals surface area contributed by atoms with Gasteiger partial charge in [-0.15, -0.1) is 0 Å². The van der Waals surface area contributed by atoms with Gasteiger partial charge in [-0.3, -0.25) is 9.78 Å². The van der Waals surface area contributed by atoms with E-state index in [2.05, 4.69) is 39.7 Å². The number of hydrogen-bond donors (Lipinski definition) is 2. The first kappa shape index (κ1) is 18.4. The van der Waals surface area contributed by atoms with Crippen LogP contribution in [0.4, 0.5) is 5.69 Å². The number of pyridine rings is 1. The van der Waals surface area contributed by atoms with Crippen LogP contribution >= 0.6 is 0 Å². The van der Waals surface area contributed by atoms with Crippen molar-refractivity contribution in [2.24, 2.45) is 0 Å². The Bertz CT molecular complexity index is 1010. The summed E-state index contributed by atoms with van der Waals surface area (Å²) in [5.41, 5.74) is 3.64. The summed E-state index contributed by atoms with van der Waals surface area (Å²) in [6.45, 7) is 5.92. The first-order valence-electron chi connectivity index (χ1n) is 9.73. The van der Waals surface area contributed by atoms with Crippen LogP contribution in [-0.4, -0.2) is 37.1 Å². The van der Waals surface area contributed by atoms with Crippen molar-refractivity contribution in [1.29, 1.82) is 0 Å². The highest BCUT2D eigenvalue weighted by atomic mass is 16.1. The van der Waals surface area contributed by atoms with Gasteiger partial charge in [-0.2, -0.15) is 0 Å². The fourth-order valence-corrected chi connectivity index (χ4v) is 3.66. The molecular weight excluding hydrogens is 348 g/mol. The van der Waals surface area contributed by atoms with Gasteiger partial charge in [0, 0.05) is 43.0 Å². The summed E-state index contributed by atoms with van der Waals surface area (Å²) in [6.07, 6.45) is 1.80. The van der Waals surface area contributed by atoms with Crippen molar-refractivity contribution in [3.05, 3.63) is 71.5 Å². The largest absolute Gasteiger partial charge is 0.369 e. The molecule has 1 fully saturated rings. The molecule has 2 aromatic carbocycles. The number of rotatable bonds is 5. The van der Waals surface area contributed by atoms with Crippen LogP contribution in [0.1, 0.15) is 34.6 Å². The second-order valence-corrected chi connectivity index (χ2v) is 7.53. The molecule has 1 aliphatic rings. The minimum atomic E-state index is -0.185. The van der Waals surface area contributed by atoms with E-state index in [9.17, 15) is 4.79 Å². The van der Waals surface area contributed by atoms with Gasteiger partial charge in [-0.1, -0.05) is 30.3 Å². The summed E-state index contributed by atoms with van der Waals surface area (Å²) in [6, 6.07) is 16.5. The normalized spacial score (nSPS) is 15.1. The molecule has 28 heavy (non-hydrogen) atoms. The standard InChI is InChI=1S/C23H26N4O/c1-15-8-9-18(27(3)19-13-24-14-19)12-21(15)23(28)26-16(2)22-20-7-5-4-6-17(20)10-11-25-22/h4-12,16,19,24H,13-14H2,1-3H3,(H,26,28). The van der Waals surface area contributed by atoms with Crippen LogP contribution < -0.4 is 15.5 Å². The van der Waals surface area contributed by atoms with Crippen LogP contribution in [0, 0.1) is 6.92 Å². The van der Waals surface area contributed by atoms with Gasteiger partial charge in [-0.05, 0) is 43.0 Å². The van der Waals surface area contributed by atoms with E-state index in [-0.39, 0.29) is 11.9 Å². The molecule has 1 saturated heterocycles. The smallest absolute Gasteiger partial charge is 0.252 e. The molecule has 0 radical (unpaired) electrons. The highest BCUT2D eigenvalue weighted by molar-refractivity contribution is 5.97. The molecule has 144 valence electrons. The van der Waals surface area contributed by atoms with Crippen LogP contribution in [0.2, 0.25) is 0 Å². The van der Waals surface area contributed by atoms with Crippen molar-refractivity contribution >= 4 is 22.4 Å². The lowest BCUT2D eigenvalue weighted by atomic mass is 10.0. The quantitative estimate of drug-likeness (QED) is 0.718. The van der Waals surface area contributed by atoms with E-state index < -0.39 is 0 Å². The van der Waals surface area contributed by atoms with Crippen LogP contribution in [0.5, 0.6) is 0 Å². The van der Waals surface area contributed by atoms with Gasteiger partial charge in [0.1, 0.15) is 0 Å². The monoisotopic (exact) mass is 374 g/mol. The second kappa shape index (κ2) is 7.60. The first-order chi connectivity index (χ1) is 13.5. The van der Waals surface area contributed by atoms with Gasteiger partial charge >= 0.3 is 0 Å². The summed E-state index contributed by atoms with van der Waals surface area (Å²) < 4.78 is 0. The number of nitrogens with one attached hydrogen (secondary N) is 2. The molecule has 4 rings (SSSR count).